The van der Waals surface area contributed by atoms with E-state index in [1.54, 1.807) is 24.3 Å². The predicted molar refractivity (Wildman–Crippen MR) is 111 cm³/mol. The first kappa shape index (κ1) is 20.3. The van der Waals surface area contributed by atoms with Crippen LogP contribution in [0.15, 0.2) is 52.5 Å². The fraction of sp³-hybridized carbons (Fsp3) is 0.158. The number of methoxy groups -OCH3 is 1. The highest BCUT2D eigenvalue weighted by Gasteiger charge is 2.34. The average Bonchev–Trinajstić information content (AvgIpc) is 3.40. The van der Waals surface area contributed by atoms with Gasteiger partial charge in [-0.2, -0.15) is 11.3 Å². The molecule has 2 heterocycles. The smallest absolute Gasteiger partial charge is 0.313 e. The van der Waals surface area contributed by atoms with Gasteiger partial charge >= 0.3 is 11.8 Å². The minimum atomic E-state index is -1.42. The van der Waals surface area contributed by atoms with Crippen LogP contribution in [0, 0.1) is 0 Å². The van der Waals surface area contributed by atoms with Crippen LogP contribution in [0.2, 0.25) is 5.02 Å². The summed E-state index contributed by atoms with van der Waals surface area (Å²) < 4.78 is 5.15. The van der Waals surface area contributed by atoms with Gasteiger partial charge in [-0.3, -0.25) is 9.59 Å². The van der Waals surface area contributed by atoms with E-state index in [0.29, 0.717) is 21.2 Å². The summed E-state index contributed by atoms with van der Waals surface area (Å²) in [4.78, 5) is 25.3. The molecule has 1 aromatic carbocycles. The van der Waals surface area contributed by atoms with Crippen LogP contribution in [0.3, 0.4) is 0 Å². The Kier molecular flexibility index (Phi) is 6.35. The van der Waals surface area contributed by atoms with E-state index in [-0.39, 0.29) is 12.2 Å². The Labute approximate surface area is 174 Å². The molecule has 9 heteroatoms. The van der Waals surface area contributed by atoms with E-state index in [1.165, 1.54) is 35.8 Å². The second-order valence-electron chi connectivity index (χ2n) is 5.83. The zero-order chi connectivity index (χ0) is 20.1. The standard InChI is InChI=1S/C19H17ClN2O4S2/c1-26-15-5-4-13(20)9-14(15)22-18(24)17(23)21-11-19(25,12-6-8-27-10-12)16-3-2-7-28-16/h2-10,25H,11H2,1H3,(H,21,23)(H,22,24)/t19-/m0/s1. The normalized spacial score (nSPS) is 12.8. The van der Waals surface area contributed by atoms with Gasteiger partial charge < -0.3 is 20.5 Å². The molecular formula is C19H17ClN2O4S2. The van der Waals surface area contributed by atoms with Crippen LogP contribution in [0.25, 0.3) is 0 Å². The van der Waals surface area contributed by atoms with Crippen molar-refractivity contribution in [2.24, 2.45) is 0 Å². The molecule has 0 saturated heterocycles. The number of benzene rings is 1. The van der Waals surface area contributed by atoms with Crippen LogP contribution in [-0.2, 0) is 15.2 Å². The van der Waals surface area contributed by atoms with Gasteiger partial charge in [0.25, 0.3) is 0 Å². The van der Waals surface area contributed by atoms with Gasteiger partial charge in [-0.05, 0) is 46.5 Å². The lowest BCUT2D eigenvalue weighted by Gasteiger charge is -2.26. The first-order valence-corrected chi connectivity index (χ1v) is 10.4. The number of hydrogen-bond donors (Lipinski definition) is 3. The lowest BCUT2D eigenvalue weighted by Crippen LogP contribution is -2.44. The van der Waals surface area contributed by atoms with Crippen molar-refractivity contribution in [2.75, 3.05) is 19.0 Å². The Balaban J connectivity index is 1.72. The maximum absolute atomic E-state index is 12.3. The summed E-state index contributed by atoms with van der Waals surface area (Å²) in [5.41, 5.74) is -0.489. The lowest BCUT2D eigenvalue weighted by molar-refractivity contribution is -0.136. The number of halogens is 1. The Hall–Kier alpha value is -2.39. The molecule has 2 aromatic heterocycles. The van der Waals surface area contributed by atoms with Crippen LogP contribution >= 0.6 is 34.3 Å². The molecule has 0 aliphatic carbocycles. The third-order valence-electron chi connectivity index (χ3n) is 4.05. The monoisotopic (exact) mass is 436 g/mol. The van der Waals surface area contributed by atoms with Gasteiger partial charge in [-0.15, -0.1) is 11.3 Å². The van der Waals surface area contributed by atoms with Gasteiger partial charge in [-0.25, -0.2) is 0 Å². The molecule has 0 unspecified atom stereocenters. The molecule has 3 aromatic rings. The average molecular weight is 437 g/mol. The summed E-state index contributed by atoms with van der Waals surface area (Å²) in [6.07, 6.45) is 0. The summed E-state index contributed by atoms with van der Waals surface area (Å²) >= 11 is 8.74. The lowest BCUT2D eigenvalue weighted by atomic mass is 9.94. The minimum absolute atomic E-state index is 0.150. The van der Waals surface area contributed by atoms with Crippen molar-refractivity contribution in [3.05, 3.63) is 68.0 Å². The number of ether oxygens (including phenoxy) is 1. The fourth-order valence-electron chi connectivity index (χ4n) is 2.59. The van der Waals surface area contributed by atoms with Gasteiger partial charge in [0.2, 0.25) is 0 Å². The molecule has 0 radical (unpaired) electrons. The third kappa shape index (κ3) is 4.36. The number of amides is 2. The van der Waals surface area contributed by atoms with Gasteiger partial charge in [0.15, 0.2) is 0 Å². The largest absolute Gasteiger partial charge is 0.495 e. The molecular weight excluding hydrogens is 420 g/mol. The Morgan fingerprint density at radius 2 is 2.04 bits per heavy atom. The van der Waals surface area contributed by atoms with Crippen LogP contribution in [0.5, 0.6) is 5.75 Å². The van der Waals surface area contributed by atoms with Crippen molar-refractivity contribution in [3.8, 4) is 5.75 Å². The molecule has 0 fully saturated rings. The second kappa shape index (κ2) is 8.74. The van der Waals surface area contributed by atoms with Gasteiger partial charge in [0.1, 0.15) is 11.4 Å². The Bertz CT molecular complexity index is 924. The number of hydrogen-bond acceptors (Lipinski definition) is 6. The van der Waals surface area contributed by atoms with E-state index in [4.69, 9.17) is 16.3 Å². The molecule has 0 aliphatic rings. The number of thiophene rings is 2. The first-order chi connectivity index (χ1) is 13.4. The van der Waals surface area contributed by atoms with Crippen LogP contribution < -0.4 is 15.4 Å². The molecule has 3 rings (SSSR count). The summed E-state index contributed by atoms with van der Waals surface area (Å²) in [6.45, 7) is -0.150. The number of rotatable bonds is 6. The SMILES string of the molecule is COc1ccc(Cl)cc1NC(=O)C(=O)NC[C@](O)(c1ccsc1)c1cccs1. The second-order valence-corrected chi connectivity index (χ2v) is 8.00. The topological polar surface area (TPSA) is 87.7 Å². The highest BCUT2D eigenvalue weighted by atomic mass is 35.5. The van der Waals surface area contributed by atoms with Gasteiger partial charge in [0.05, 0.1) is 19.3 Å². The zero-order valence-corrected chi connectivity index (χ0v) is 17.2. The molecule has 146 valence electrons. The molecule has 0 aliphatic heterocycles. The maximum Gasteiger partial charge on any atom is 0.313 e. The van der Waals surface area contributed by atoms with Crippen LogP contribution in [0.4, 0.5) is 5.69 Å². The third-order valence-corrected chi connectivity index (χ3v) is 5.99. The number of aliphatic hydroxyl groups is 1. The summed E-state index contributed by atoms with van der Waals surface area (Å²) in [5, 5.41) is 22.1. The van der Waals surface area contributed by atoms with E-state index in [1.807, 2.05) is 22.2 Å². The minimum Gasteiger partial charge on any atom is -0.495 e. The summed E-state index contributed by atoms with van der Waals surface area (Å²) in [7, 11) is 1.45. The van der Waals surface area contributed by atoms with Gasteiger partial charge in [0, 0.05) is 15.5 Å². The first-order valence-electron chi connectivity index (χ1n) is 8.16. The Morgan fingerprint density at radius 1 is 1.21 bits per heavy atom. The number of carbonyl (C=O) groups excluding carboxylic acids is 2. The van der Waals surface area contributed by atoms with Crippen molar-refractivity contribution < 1.29 is 19.4 Å². The summed E-state index contributed by atoms with van der Waals surface area (Å²) in [5.74, 6) is -1.40. The van der Waals surface area contributed by atoms with Crippen molar-refractivity contribution >= 4 is 51.8 Å². The molecule has 6 nitrogen and oxygen atoms in total. The molecule has 3 N–H and O–H groups in total. The summed E-state index contributed by atoms with van der Waals surface area (Å²) in [6, 6.07) is 10.1. The molecule has 0 saturated carbocycles. The van der Waals surface area contributed by atoms with E-state index in [9.17, 15) is 14.7 Å². The van der Waals surface area contributed by atoms with Crippen LogP contribution in [0.1, 0.15) is 10.4 Å². The number of carbonyl (C=O) groups is 2. The molecule has 1 atom stereocenters. The van der Waals surface area contributed by atoms with Crippen molar-refractivity contribution in [1.82, 2.24) is 5.32 Å². The molecule has 2 amide bonds. The number of nitrogens with one attached hydrogen (secondary N) is 2. The van der Waals surface area contributed by atoms with Crippen molar-refractivity contribution in [1.29, 1.82) is 0 Å². The van der Waals surface area contributed by atoms with E-state index in [0.717, 1.165) is 0 Å². The number of anilines is 1. The Morgan fingerprint density at radius 3 is 2.68 bits per heavy atom. The highest BCUT2D eigenvalue weighted by molar-refractivity contribution is 7.10. The van der Waals surface area contributed by atoms with Crippen molar-refractivity contribution in [2.45, 2.75) is 5.60 Å². The highest BCUT2D eigenvalue weighted by Crippen LogP contribution is 2.33. The predicted octanol–water partition coefficient (Wildman–Crippen LogP) is 3.46. The van der Waals surface area contributed by atoms with Gasteiger partial charge in [-0.1, -0.05) is 17.7 Å². The van der Waals surface area contributed by atoms with Crippen molar-refractivity contribution in [3.63, 3.8) is 0 Å². The van der Waals surface area contributed by atoms with E-state index >= 15 is 0 Å². The molecule has 28 heavy (non-hydrogen) atoms. The molecule has 0 bridgehead atoms. The zero-order valence-electron chi connectivity index (χ0n) is 14.8. The van der Waals surface area contributed by atoms with Crippen LogP contribution in [-0.4, -0.2) is 30.6 Å². The quantitative estimate of drug-likeness (QED) is 0.516. The van der Waals surface area contributed by atoms with E-state index in [2.05, 4.69) is 10.6 Å². The fourth-order valence-corrected chi connectivity index (χ4v) is 4.33. The maximum atomic E-state index is 12.3. The van der Waals surface area contributed by atoms with E-state index < -0.39 is 17.4 Å². The molecule has 0 spiro atoms.